The molecule has 0 radical (unpaired) electrons. The molecule has 0 saturated heterocycles. The molecule has 68 valence electrons. The summed E-state index contributed by atoms with van der Waals surface area (Å²) in [5, 5.41) is 5.32. The smallest absolute Gasteiger partial charge is 0.155 e. The van der Waals surface area contributed by atoms with E-state index < -0.39 is 0 Å². The van der Waals surface area contributed by atoms with Gasteiger partial charge in [-0.05, 0) is 30.3 Å². The van der Waals surface area contributed by atoms with Crippen molar-refractivity contribution >= 4 is 32.5 Å². The van der Waals surface area contributed by atoms with Crippen LogP contribution in [0.25, 0.3) is 16.6 Å². The van der Waals surface area contributed by atoms with E-state index in [0.29, 0.717) is 0 Å². The molecule has 3 nitrogen and oxygen atoms in total. The quantitative estimate of drug-likeness (QED) is 0.612. The minimum atomic E-state index is 0.875. The summed E-state index contributed by atoms with van der Waals surface area (Å²) in [5.74, 6) is 0. The first kappa shape index (κ1) is 7.94. The summed E-state index contributed by atoms with van der Waals surface area (Å²) in [6.07, 6.45) is 1.57. The van der Waals surface area contributed by atoms with Crippen LogP contribution in [0.15, 0.2) is 41.1 Å². The van der Waals surface area contributed by atoms with E-state index in [-0.39, 0.29) is 0 Å². The molecule has 14 heavy (non-hydrogen) atoms. The number of hydrogen-bond donors (Lipinski definition) is 0. The van der Waals surface area contributed by atoms with Crippen LogP contribution < -0.4 is 0 Å². The minimum Gasteiger partial charge on any atom is -0.215 e. The van der Waals surface area contributed by atoms with E-state index in [0.717, 1.165) is 21.0 Å². The molecule has 3 aromatic rings. The van der Waals surface area contributed by atoms with E-state index in [4.69, 9.17) is 0 Å². The normalized spacial score (nSPS) is 11.2. The van der Waals surface area contributed by atoms with Gasteiger partial charge in [0.15, 0.2) is 5.65 Å². The molecule has 0 unspecified atom stereocenters. The lowest BCUT2D eigenvalue weighted by atomic mass is 10.2. The number of benzene rings is 1. The molecule has 0 aliphatic carbocycles. The van der Waals surface area contributed by atoms with Crippen molar-refractivity contribution in [1.82, 2.24) is 14.6 Å². The van der Waals surface area contributed by atoms with Gasteiger partial charge in [0.1, 0.15) is 6.33 Å². The molecule has 1 aromatic carbocycles. The summed E-state index contributed by atoms with van der Waals surface area (Å²) in [4.78, 5) is 4.13. The second kappa shape index (κ2) is 2.78. The third-order valence-electron chi connectivity index (χ3n) is 2.20. The third kappa shape index (κ3) is 1.04. The summed E-state index contributed by atoms with van der Waals surface area (Å²) < 4.78 is 2.91. The summed E-state index contributed by atoms with van der Waals surface area (Å²) in [5.41, 5.74) is 1.95. The van der Waals surface area contributed by atoms with Crippen LogP contribution in [0.4, 0.5) is 0 Å². The second-order valence-corrected chi connectivity index (χ2v) is 3.98. The van der Waals surface area contributed by atoms with Crippen molar-refractivity contribution in [1.29, 1.82) is 0 Å². The molecule has 0 amide bonds. The molecular formula is C10H6BrN3. The number of halogens is 1. The average molecular weight is 248 g/mol. The Morgan fingerprint density at radius 2 is 2.07 bits per heavy atom. The van der Waals surface area contributed by atoms with E-state index in [1.165, 1.54) is 0 Å². The first-order valence-corrected chi connectivity index (χ1v) is 5.02. The summed E-state index contributed by atoms with van der Waals surface area (Å²) in [6, 6.07) is 10.1. The zero-order valence-corrected chi connectivity index (χ0v) is 8.77. The van der Waals surface area contributed by atoms with Gasteiger partial charge in [-0.2, -0.15) is 5.10 Å². The number of pyridine rings is 1. The standard InChI is InChI=1S/C10H6BrN3/c11-8-2-3-9-7(5-8)1-4-10-12-6-13-14(9)10/h1-6H. The SMILES string of the molecule is Brc1ccc2c(ccc3ncnn32)c1. The van der Waals surface area contributed by atoms with Gasteiger partial charge in [-0.15, -0.1) is 0 Å². The van der Waals surface area contributed by atoms with Crippen LogP contribution in [-0.4, -0.2) is 14.6 Å². The van der Waals surface area contributed by atoms with Gasteiger partial charge in [0.25, 0.3) is 0 Å². The van der Waals surface area contributed by atoms with Crippen molar-refractivity contribution in [3.8, 4) is 0 Å². The summed E-state index contributed by atoms with van der Waals surface area (Å²) in [7, 11) is 0. The molecule has 0 saturated carbocycles. The zero-order chi connectivity index (χ0) is 9.54. The van der Waals surface area contributed by atoms with E-state index in [1.807, 2.05) is 28.8 Å². The highest BCUT2D eigenvalue weighted by atomic mass is 79.9. The zero-order valence-electron chi connectivity index (χ0n) is 7.18. The number of rotatable bonds is 0. The number of hydrogen-bond acceptors (Lipinski definition) is 2. The molecule has 0 bridgehead atoms. The maximum atomic E-state index is 4.17. The van der Waals surface area contributed by atoms with Gasteiger partial charge < -0.3 is 0 Å². The second-order valence-electron chi connectivity index (χ2n) is 3.07. The van der Waals surface area contributed by atoms with Gasteiger partial charge >= 0.3 is 0 Å². The fraction of sp³-hybridized carbons (Fsp3) is 0. The van der Waals surface area contributed by atoms with Crippen LogP contribution in [0.5, 0.6) is 0 Å². The Bertz CT molecular complexity index is 615. The van der Waals surface area contributed by atoms with Crippen molar-refractivity contribution in [3.05, 3.63) is 41.1 Å². The van der Waals surface area contributed by atoms with Crippen molar-refractivity contribution in [2.45, 2.75) is 0 Å². The van der Waals surface area contributed by atoms with Crippen LogP contribution in [-0.2, 0) is 0 Å². The van der Waals surface area contributed by atoms with Gasteiger partial charge in [-0.25, -0.2) is 9.50 Å². The van der Waals surface area contributed by atoms with E-state index in [9.17, 15) is 0 Å². The number of nitrogens with zero attached hydrogens (tertiary/aromatic N) is 3. The van der Waals surface area contributed by atoms with Crippen LogP contribution in [0.3, 0.4) is 0 Å². The molecule has 0 N–H and O–H groups in total. The van der Waals surface area contributed by atoms with Gasteiger partial charge in [0.05, 0.1) is 5.52 Å². The molecule has 0 aliphatic rings. The first-order chi connectivity index (χ1) is 6.84. The molecule has 3 rings (SSSR count). The Hall–Kier alpha value is -1.42. The van der Waals surface area contributed by atoms with E-state index >= 15 is 0 Å². The lowest BCUT2D eigenvalue weighted by Gasteiger charge is -2.00. The number of fused-ring (bicyclic) bond motifs is 3. The molecule has 0 spiro atoms. The Morgan fingerprint density at radius 3 is 3.00 bits per heavy atom. The lowest BCUT2D eigenvalue weighted by Crippen LogP contribution is -1.89. The van der Waals surface area contributed by atoms with E-state index in [2.05, 4.69) is 32.1 Å². The fourth-order valence-corrected chi connectivity index (χ4v) is 1.94. The molecule has 0 aliphatic heterocycles. The van der Waals surface area contributed by atoms with Crippen LogP contribution in [0, 0.1) is 0 Å². The largest absolute Gasteiger partial charge is 0.215 e. The Labute approximate surface area is 88.5 Å². The molecule has 2 heterocycles. The van der Waals surface area contributed by atoms with Crippen molar-refractivity contribution in [2.24, 2.45) is 0 Å². The first-order valence-electron chi connectivity index (χ1n) is 4.22. The topological polar surface area (TPSA) is 30.2 Å². The molecule has 4 heteroatoms. The van der Waals surface area contributed by atoms with Gasteiger partial charge in [0, 0.05) is 9.86 Å². The minimum absolute atomic E-state index is 0.875. The maximum Gasteiger partial charge on any atom is 0.155 e. The van der Waals surface area contributed by atoms with Crippen LogP contribution in [0.2, 0.25) is 0 Å². The maximum absolute atomic E-state index is 4.17. The molecule has 0 fully saturated rings. The lowest BCUT2D eigenvalue weighted by molar-refractivity contribution is 1.00. The third-order valence-corrected chi connectivity index (χ3v) is 2.70. The predicted molar refractivity (Wildman–Crippen MR) is 58.2 cm³/mol. The highest BCUT2D eigenvalue weighted by molar-refractivity contribution is 9.10. The van der Waals surface area contributed by atoms with Crippen molar-refractivity contribution in [3.63, 3.8) is 0 Å². The average Bonchev–Trinajstić information content (AvgIpc) is 2.65. The van der Waals surface area contributed by atoms with Crippen molar-refractivity contribution < 1.29 is 0 Å². The highest BCUT2D eigenvalue weighted by Gasteiger charge is 2.00. The molecule has 0 atom stereocenters. The van der Waals surface area contributed by atoms with Gasteiger partial charge in [-0.1, -0.05) is 15.9 Å². The monoisotopic (exact) mass is 247 g/mol. The number of aromatic nitrogens is 3. The predicted octanol–water partition coefficient (Wildman–Crippen LogP) is 2.65. The Balaban J connectivity index is 2.57. The summed E-state index contributed by atoms with van der Waals surface area (Å²) >= 11 is 3.44. The Kier molecular flexibility index (Phi) is 1.58. The van der Waals surface area contributed by atoms with Gasteiger partial charge in [-0.3, -0.25) is 0 Å². The molecule has 2 aromatic heterocycles. The van der Waals surface area contributed by atoms with Gasteiger partial charge in [0.2, 0.25) is 0 Å². The Morgan fingerprint density at radius 1 is 1.14 bits per heavy atom. The highest BCUT2D eigenvalue weighted by Crippen LogP contribution is 2.19. The van der Waals surface area contributed by atoms with E-state index in [1.54, 1.807) is 6.33 Å². The van der Waals surface area contributed by atoms with Crippen LogP contribution in [0.1, 0.15) is 0 Å². The summed E-state index contributed by atoms with van der Waals surface area (Å²) in [6.45, 7) is 0. The molecular weight excluding hydrogens is 242 g/mol. The van der Waals surface area contributed by atoms with Crippen molar-refractivity contribution in [2.75, 3.05) is 0 Å². The fourth-order valence-electron chi connectivity index (χ4n) is 1.57. The van der Waals surface area contributed by atoms with Crippen LogP contribution >= 0.6 is 15.9 Å².